The number of carbonyl (C=O) groups excluding carboxylic acids is 1. The molecule has 2 rings (SSSR count). The fourth-order valence-electron chi connectivity index (χ4n) is 2.07. The van der Waals surface area contributed by atoms with E-state index in [0.717, 1.165) is 22.4 Å². The van der Waals surface area contributed by atoms with Gasteiger partial charge in [0.2, 0.25) is 0 Å². The maximum absolute atomic E-state index is 11.5. The third-order valence-corrected chi connectivity index (χ3v) is 3.67. The van der Waals surface area contributed by atoms with Crippen molar-refractivity contribution < 1.29 is 4.79 Å². The Morgan fingerprint density at radius 3 is 2.30 bits per heavy atom. The highest BCUT2D eigenvalue weighted by atomic mass is 35.5. The van der Waals surface area contributed by atoms with Gasteiger partial charge in [0.25, 0.3) is 0 Å². The quantitative estimate of drug-likeness (QED) is 0.714. The van der Waals surface area contributed by atoms with E-state index in [1.165, 1.54) is 0 Å². The van der Waals surface area contributed by atoms with Crippen molar-refractivity contribution in [3.8, 4) is 0 Å². The summed E-state index contributed by atoms with van der Waals surface area (Å²) >= 11 is 5.85. The minimum absolute atomic E-state index is 0.482. The molecule has 0 bridgehead atoms. The summed E-state index contributed by atoms with van der Waals surface area (Å²) in [5.74, 6) is 0. The Balaban J connectivity index is 2.11. The van der Waals surface area contributed by atoms with Crippen molar-refractivity contribution in [2.75, 3.05) is 0 Å². The van der Waals surface area contributed by atoms with Crippen molar-refractivity contribution in [3.63, 3.8) is 0 Å². The second-order valence-corrected chi connectivity index (χ2v) is 5.50. The van der Waals surface area contributed by atoms with Crippen molar-refractivity contribution in [1.82, 2.24) is 0 Å². The SMILES string of the molecule is CC(C=O)(C/C=C/c1ccc(Cl)cc1)c1ccccc1. The molecule has 2 aromatic carbocycles. The molecule has 0 fully saturated rings. The van der Waals surface area contributed by atoms with Gasteiger partial charge in [0.05, 0.1) is 5.41 Å². The molecule has 2 heteroatoms. The van der Waals surface area contributed by atoms with Crippen molar-refractivity contribution in [1.29, 1.82) is 0 Å². The first-order valence-electron chi connectivity index (χ1n) is 6.58. The van der Waals surface area contributed by atoms with Gasteiger partial charge in [0.1, 0.15) is 6.29 Å². The van der Waals surface area contributed by atoms with Gasteiger partial charge in [-0.2, -0.15) is 0 Å². The van der Waals surface area contributed by atoms with E-state index in [0.29, 0.717) is 6.42 Å². The van der Waals surface area contributed by atoms with E-state index in [4.69, 9.17) is 11.6 Å². The lowest BCUT2D eigenvalue weighted by molar-refractivity contribution is -0.112. The molecular weight excluding hydrogens is 268 g/mol. The Hall–Kier alpha value is -1.86. The molecule has 0 spiro atoms. The molecular formula is C18H17ClO. The topological polar surface area (TPSA) is 17.1 Å². The predicted octanol–water partition coefficient (Wildman–Crippen LogP) is 4.90. The number of allylic oxidation sites excluding steroid dienone is 1. The molecule has 0 amide bonds. The molecule has 0 saturated heterocycles. The average Bonchev–Trinajstić information content (AvgIpc) is 2.50. The number of halogens is 1. The van der Waals surface area contributed by atoms with E-state index in [-0.39, 0.29) is 0 Å². The number of rotatable bonds is 5. The monoisotopic (exact) mass is 284 g/mol. The first kappa shape index (κ1) is 14.5. The van der Waals surface area contributed by atoms with Gasteiger partial charge in [0, 0.05) is 5.02 Å². The summed E-state index contributed by atoms with van der Waals surface area (Å²) in [7, 11) is 0. The maximum Gasteiger partial charge on any atom is 0.130 e. The van der Waals surface area contributed by atoms with E-state index in [9.17, 15) is 4.79 Å². The van der Waals surface area contributed by atoms with Gasteiger partial charge < -0.3 is 4.79 Å². The lowest BCUT2D eigenvalue weighted by Crippen LogP contribution is -2.22. The molecule has 0 N–H and O–H groups in total. The molecule has 0 aliphatic carbocycles. The third kappa shape index (κ3) is 3.58. The van der Waals surface area contributed by atoms with Crippen LogP contribution in [0.1, 0.15) is 24.5 Å². The number of carbonyl (C=O) groups is 1. The van der Waals surface area contributed by atoms with Crippen LogP contribution in [0.4, 0.5) is 0 Å². The molecule has 2 aromatic rings. The van der Waals surface area contributed by atoms with E-state index >= 15 is 0 Å². The second kappa shape index (κ2) is 6.53. The van der Waals surface area contributed by atoms with Gasteiger partial charge in [-0.05, 0) is 36.6 Å². The molecule has 0 aromatic heterocycles. The largest absolute Gasteiger partial charge is 0.302 e. The number of hydrogen-bond acceptors (Lipinski definition) is 1. The summed E-state index contributed by atoms with van der Waals surface area (Å²) in [6.07, 6.45) is 5.74. The molecule has 20 heavy (non-hydrogen) atoms. The molecule has 102 valence electrons. The van der Waals surface area contributed by atoms with Gasteiger partial charge in [-0.1, -0.05) is 66.2 Å². The van der Waals surface area contributed by atoms with Crippen LogP contribution in [0.25, 0.3) is 6.08 Å². The van der Waals surface area contributed by atoms with Crippen LogP contribution < -0.4 is 0 Å². The van der Waals surface area contributed by atoms with Gasteiger partial charge in [0.15, 0.2) is 0 Å². The Morgan fingerprint density at radius 2 is 1.70 bits per heavy atom. The minimum atomic E-state index is -0.482. The van der Waals surface area contributed by atoms with Crippen LogP contribution in [0.5, 0.6) is 0 Å². The summed E-state index contributed by atoms with van der Waals surface area (Å²) in [6, 6.07) is 17.5. The molecule has 0 aliphatic rings. The van der Waals surface area contributed by atoms with Crippen LogP contribution in [0.2, 0.25) is 5.02 Å². The average molecular weight is 285 g/mol. The number of benzene rings is 2. The summed E-state index contributed by atoms with van der Waals surface area (Å²) < 4.78 is 0. The first-order chi connectivity index (χ1) is 9.64. The smallest absolute Gasteiger partial charge is 0.130 e. The molecule has 1 atom stereocenters. The van der Waals surface area contributed by atoms with Crippen molar-refractivity contribution in [2.24, 2.45) is 0 Å². The first-order valence-corrected chi connectivity index (χ1v) is 6.96. The molecule has 0 radical (unpaired) electrons. The summed E-state index contributed by atoms with van der Waals surface area (Å²) in [6.45, 7) is 1.96. The highest BCUT2D eigenvalue weighted by Crippen LogP contribution is 2.26. The second-order valence-electron chi connectivity index (χ2n) is 5.06. The normalized spacial score (nSPS) is 14.1. The van der Waals surface area contributed by atoms with Gasteiger partial charge >= 0.3 is 0 Å². The fourth-order valence-corrected chi connectivity index (χ4v) is 2.19. The van der Waals surface area contributed by atoms with Crippen LogP contribution in [0, 0.1) is 0 Å². The fraction of sp³-hybridized carbons (Fsp3) is 0.167. The standard InChI is InChI=1S/C18H17ClO/c1-18(14-20,16-7-3-2-4-8-16)13-5-6-15-9-11-17(19)12-10-15/h2-12,14H,13H2,1H3/b6-5+. The lowest BCUT2D eigenvalue weighted by Gasteiger charge is -2.21. The van der Waals surface area contributed by atoms with Gasteiger partial charge in [-0.3, -0.25) is 0 Å². The molecule has 1 nitrogen and oxygen atoms in total. The zero-order chi connectivity index (χ0) is 14.4. The Labute approximate surface area is 124 Å². The minimum Gasteiger partial charge on any atom is -0.302 e. The van der Waals surface area contributed by atoms with E-state index < -0.39 is 5.41 Å². The summed E-state index contributed by atoms with van der Waals surface area (Å²) in [5, 5.41) is 0.726. The van der Waals surface area contributed by atoms with Crippen LogP contribution in [-0.4, -0.2) is 6.29 Å². The number of aldehydes is 1. The Bertz CT molecular complexity index is 587. The van der Waals surface area contributed by atoms with E-state index in [1.54, 1.807) is 0 Å². The maximum atomic E-state index is 11.5. The van der Waals surface area contributed by atoms with Crippen LogP contribution in [-0.2, 0) is 10.2 Å². The van der Waals surface area contributed by atoms with E-state index in [1.807, 2.05) is 73.7 Å². The molecule has 1 unspecified atom stereocenters. The Morgan fingerprint density at radius 1 is 1.05 bits per heavy atom. The third-order valence-electron chi connectivity index (χ3n) is 3.42. The van der Waals surface area contributed by atoms with Crippen molar-refractivity contribution >= 4 is 24.0 Å². The van der Waals surface area contributed by atoms with Gasteiger partial charge in [-0.25, -0.2) is 0 Å². The zero-order valence-electron chi connectivity index (χ0n) is 11.4. The van der Waals surface area contributed by atoms with Crippen LogP contribution in [0.15, 0.2) is 60.7 Å². The molecule has 0 aliphatic heterocycles. The van der Waals surface area contributed by atoms with Crippen LogP contribution in [0.3, 0.4) is 0 Å². The van der Waals surface area contributed by atoms with E-state index in [2.05, 4.69) is 0 Å². The highest BCUT2D eigenvalue weighted by molar-refractivity contribution is 6.30. The number of hydrogen-bond donors (Lipinski definition) is 0. The predicted molar refractivity (Wildman–Crippen MR) is 85.0 cm³/mol. The zero-order valence-corrected chi connectivity index (χ0v) is 12.2. The van der Waals surface area contributed by atoms with Gasteiger partial charge in [-0.15, -0.1) is 0 Å². The Kier molecular flexibility index (Phi) is 4.75. The molecule has 0 saturated carbocycles. The van der Waals surface area contributed by atoms with Crippen LogP contribution >= 0.6 is 11.6 Å². The highest BCUT2D eigenvalue weighted by Gasteiger charge is 2.24. The lowest BCUT2D eigenvalue weighted by atomic mass is 9.81. The van der Waals surface area contributed by atoms with Crippen molar-refractivity contribution in [3.05, 3.63) is 76.8 Å². The summed E-state index contributed by atoms with van der Waals surface area (Å²) in [5.41, 5.74) is 1.64. The summed E-state index contributed by atoms with van der Waals surface area (Å²) in [4.78, 5) is 11.5. The molecule has 0 heterocycles. The van der Waals surface area contributed by atoms with Crippen molar-refractivity contribution in [2.45, 2.75) is 18.8 Å².